The maximum absolute atomic E-state index is 2.30. The lowest BCUT2D eigenvalue weighted by molar-refractivity contribution is 0.984. The van der Waals surface area contributed by atoms with Crippen LogP contribution in [0.15, 0.2) is 29.6 Å². The van der Waals surface area contributed by atoms with Crippen LogP contribution in [0.1, 0.15) is 27.1 Å². The van der Waals surface area contributed by atoms with Gasteiger partial charge in [0.2, 0.25) is 0 Å². The van der Waals surface area contributed by atoms with Crippen LogP contribution in [-0.4, -0.2) is 0 Å². The van der Waals surface area contributed by atoms with Crippen molar-refractivity contribution in [1.29, 1.82) is 0 Å². The summed E-state index contributed by atoms with van der Waals surface area (Å²) in [6, 6.07) is 8.87. The van der Waals surface area contributed by atoms with Gasteiger partial charge in [0.25, 0.3) is 0 Å². The molecule has 0 unspecified atom stereocenters. The highest BCUT2D eigenvalue weighted by Crippen LogP contribution is 2.30. The zero-order valence-corrected chi connectivity index (χ0v) is 9.73. The second-order valence-corrected chi connectivity index (χ2v) is 5.23. The first-order chi connectivity index (χ1) is 7.34. The molecule has 1 aromatic heterocycles. The number of rotatable bonds is 0. The molecule has 1 heterocycles. The van der Waals surface area contributed by atoms with Crippen molar-refractivity contribution < 1.29 is 0 Å². The highest BCUT2D eigenvalue weighted by molar-refractivity contribution is 7.10. The van der Waals surface area contributed by atoms with Crippen LogP contribution in [-0.2, 0) is 19.3 Å². The summed E-state index contributed by atoms with van der Waals surface area (Å²) in [5.41, 5.74) is 6.13. The van der Waals surface area contributed by atoms with Gasteiger partial charge < -0.3 is 0 Å². The van der Waals surface area contributed by atoms with Crippen LogP contribution in [0.4, 0.5) is 0 Å². The molecule has 0 bridgehead atoms. The number of benzene rings is 1. The molecule has 3 rings (SSSR count). The molecule has 76 valence electrons. The second kappa shape index (κ2) is 3.49. The van der Waals surface area contributed by atoms with E-state index in [2.05, 4.69) is 36.6 Å². The molecule has 1 aliphatic rings. The molecular weight excluding hydrogens is 200 g/mol. The maximum Gasteiger partial charge on any atom is 0.00866 e. The van der Waals surface area contributed by atoms with Gasteiger partial charge in [0.1, 0.15) is 0 Å². The highest BCUT2D eigenvalue weighted by Gasteiger charge is 2.15. The van der Waals surface area contributed by atoms with Crippen molar-refractivity contribution in [2.24, 2.45) is 0 Å². The van der Waals surface area contributed by atoms with Gasteiger partial charge >= 0.3 is 0 Å². The van der Waals surface area contributed by atoms with Crippen LogP contribution < -0.4 is 0 Å². The summed E-state index contributed by atoms with van der Waals surface area (Å²) in [5, 5.41) is 2.30. The van der Waals surface area contributed by atoms with Gasteiger partial charge in [0.15, 0.2) is 0 Å². The number of thiophene rings is 1. The van der Waals surface area contributed by atoms with E-state index >= 15 is 0 Å². The Morgan fingerprint density at radius 2 is 1.87 bits per heavy atom. The van der Waals surface area contributed by atoms with E-state index in [0.717, 1.165) is 6.42 Å². The molecule has 0 nitrogen and oxygen atoms in total. The van der Waals surface area contributed by atoms with Crippen molar-refractivity contribution in [3.63, 3.8) is 0 Å². The monoisotopic (exact) mass is 214 g/mol. The maximum atomic E-state index is 2.30. The molecule has 0 saturated heterocycles. The predicted octanol–water partition coefficient (Wildman–Crippen LogP) is 3.75. The Morgan fingerprint density at radius 3 is 2.73 bits per heavy atom. The van der Waals surface area contributed by atoms with E-state index in [0.29, 0.717) is 0 Å². The predicted molar refractivity (Wildman–Crippen MR) is 65.7 cm³/mol. The fourth-order valence-electron chi connectivity index (χ4n) is 2.38. The summed E-state index contributed by atoms with van der Waals surface area (Å²) in [6.07, 6.45) is 3.58. The molecule has 0 radical (unpaired) electrons. The first-order valence-electron chi connectivity index (χ1n) is 5.47. The van der Waals surface area contributed by atoms with Crippen molar-refractivity contribution in [3.05, 3.63) is 56.8 Å². The molecule has 0 aliphatic heterocycles. The largest absolute Gasteiger partial charge is 0.148 e. The zero-order valence-electron chi connectivity index (χ0n) is 8.92. The summed E-state index contributed by atoms with van der Waals surface area (Å²) in [7, 11) is 0. The standard InChI is InChI=1S/C14H14S/c1-10-9-15-14-7-6-11-4-2-3-5-12(11)8-13(10)14/h2-5,9H,6-8H2,1H3. The van der Waals surface area contributed by atoms with Crippen molar-refractivity contribution in [1.82, 2.24) is 0 Å². The lowest BCUT2D eigenvalue weighted by Crippen LogP contribution is -1.91. The van der Waals surface area contributed by atoms with Gasteiger partial charge in [-0.25, -0.2) is 0 Å². The van der Waals surface area contributed by atoms with E-state index in [9.17, 15) is 0 Å². The molecule has 1 aliphatic carbocycles. The Balaban J connectivity index is 2.12. The van der Waals surface area contributed by atoms with Crippen LogP contribution in [0.3, 0.4) is 0 Å². The summed E-state index contributed by atoms with van der Waals surface area (Å²) in [4.78, 5) is 1.60. The van der Waals surface area contributed by atoms with Gasteiger partial charge in [-0.1, -0.05) is 24.3 Å². The molecule has 0 fully saturated rings. The number of hydrogen-bond acceptors (Lipinski definition) is 1. The van der Waals surface area contributed by atoms with Crippen molar-refractivity contribution in [2.45, 2.75) is 26.2 Å². The molecule has 1 heteroatoms. The zero-order chi connectivity index (χ0) is 10.3. The van der Waals surface area contributed by atoms with Gasteiger partial charge in [0, 0.05) is 4.88 Å². The first-order valence-corrected chi connectivity index (χ1v) is 6.35. The van der Waals surface area contributed by atoms with Gasteiger partial charge in [-0.05, 0) is 53.8 Å². The lowest BCUT2D eigenvalue weighted by atomic mass is 10.0. The average molecular weight is 214 g/mol. The third-order valence-electron chi connectivity index (χ3n) is 3.30. The quantitative estimate of drug-likeness (QED) is 0.626. The van der Waals surface area contributed by atoms with Gasteiger partial charge in [-0.15, -0.1) is 11.3 Å². The lowest BCUT2D eigenvalue weighted by Gasteiger charge is -2.04. The third kappa shape index (κ3) is 1.51. The average Bonchev–Trinajstić information content (AvgIpc) is 2.51. The summed E-state index contributed by atoms with van der Waals surface area (Å²) in [6.45, 7) is 2.24. The minimum atomic E-state index is 1.14. The van der Waals surface area contributed by atoms with E-state index in [4.69, 9.17) is 0 Å². The van der Waals surface area contributed by atoms with E-state index in [-0.39, 0.29) is 0 Å². The SMILES string of the molecule is Cc1csc2c1Cc1ccccc1CC2. The molecule has 0 saturated carbocycles. The molecule has 0 spiro atoms. The Bertz CT molecular complexity index is 494. The van der Waals surface area contributed by atoms with Crippen molar-refractivity contribution in [2.75, 3.05) is 0 Å². The number of fused-ring (bicyclic) bond motifs is 2. The Kier molecular flexibility index (Phi) is 2.14. The van der Waals surface area contributed by atoms with Gasteiger partial charge in [0.05, 0.1) is 0 Å². The molecule has 0 amide bonds. The van der Waals surface area contributed by atoms with Gasteiger partial charge in [-0.2, -0.15) is 0 Å². The van der Waals surface area contributed by atoms with Crippen LogP contribution in [0.5, 0.6) is 0 Å². The van der Waals surface area contributed by atoms with Crippen LogP contribution >= 0.6 is 11.3 Å². The topological polar surface area (TPSA) is 0 Å². The molecule has 2 aromatic rings. The van der Waals surface area contributed by atoms with E-state index in [1.165, 1.54) is 24.0 Å². The van der Waals surface area contributed by atoms with E-state index < -0.39 is 0 Å². The number of aryl methyl sites for hydroxylation is 3. The first kappa shape index (κ1) is 9.17. The third-order valence-corrected chi connectivity index (χ3v) is 4.50. The highest BCUT2D eigenvalue weighted by atomic mass is 32.1. The normalized spacial score (nSPS) is 14.2. The Morgan fingerprint density at radius 1 is 1.07 bits per heavy atom. The smallest absolute Gasteiger partial charge is 0.00866 e. The minimum absolute atomic E-state index is 1.14. The van der Waals surface area contributed by atoms with Crippen LogP contribution in [0, 0.1) is 6.92 Å². The fraction of sp³-hybridized carbons (Fsp3) is 0.286. The van der Waals surface area contributed by atoms with Gasteiger partial charge in [-0.3, -0.25) is 0 Å². The van der Waals surface area contributed by atoms with Crippen molar-refractivity contribution in [3.8, 4) is 0 Å². The van der Waals surface area contributed by atoms with Crippen LogP contribution in [0.2, 0.25) is 0 Å². The Hall–Kier alpha value is -1.08. The summed E-state index contributed by atoms with van der Waals surface area (Å²) in [5.74, 6) is 0. The number of hydrogen-bond donors (Lipinski definition) is 0. The van der Waals surface area contributed by atoms with Crippen molar-refractivity contribution >= 4 is 11.3 Å². The molecule has 15 heavy (non-hydrogen) atoms. The van der Waals surface area contributed by atoms with Crippen LogP contribution in [0.25, 0.3) is 0 Å². The van der Waals surface area contributed by atoms with E-state index in [1.54, 1.807) is 16.0 Å². The van der Waals surface area contributed by atoms with E-state index in [1.807, 2.05) is 11.3 Å². The fourth-order valence-corrected chi connectivity index (χ4v) is 3.44. The molecule has 1 aromatic carbocycles. The Labute approximate surface area is 94.6 Å². The molecular formula is C14H14S. The minimum Gasteiger partial charge on any atom is -0.148 e. The molecule has 0 N–H and O–H groups in total. The summed E-state index contributed by atoms with van der Waals surface area (Å²) >= 11 is 1.94. The second-order valence-electron chi connectivity index (χ2n) is 4.27. The summed E-state index contributed by atoms with van der Waals surface area (Å²) < 4.78 is 0. The molecule has 0 atom stereocenters.